The molecule has 0 saturated heterocycles. The van der Waals surface area contributed by atoms with Crippen molar-refractivity contribution in [3.63, 3.8) is 0 Å². The number of carbonyl (C=O) groups is 2. The molecule has 1 unspecified atom stereocenters. The third-order valence-electron chi connectivity index (χ3n) is 2.50. The Morgan fingerprint density at radius 1 is 1.52 bits per heavy atom. The summed E-state index contributed by atoms with van der Waals surface area (Å²) in [6.45, 7) is 3.49. The summed E-state index contributed by atoms with van der Waals surface area (Å²) in [5.41, 5.74) is 0.567. The van der Waals surface area contributed by atoms with Gasteiger partial charge in [-0.25, -0.2) is 9.18 Å². The van der Waals surface area contributed by atoms with Gasteiger partial charge < -0.3 is 15.2 Å². The van der Waals surface area contributed by atoms with E-state index in [1.54, 1.807) is 0 Å². The van der Waals surface area contributed by atoms with E-state index >= 15 is 0 Å². The minimum Gasteiger partial charge on any atom is -0.480 e. The Morgan fingerprint density at radius 3 is 2.81 bits per heavy atom. The topological polar surface area (TPSA) is 75.6 Å². The Morgan fingerprint density at radius 2 is 2.24 bits per heavy atom. The molecule has 0 fully saturated rings. The van der Waals surface area contributed by atoms with Crippen LogP contribution in [0.25, 0.3) is 0 Å². The minimum absolute atomic E-state index is 0.0515. The van der Waals surface area contributed by atoms with Crippen LogP contribution in [0.15, 0.2) is 35.3 Å². The molecule has 0 aliphatic heterocycles. The largest absolute Gasteiger partial charge is 0.480 e. The number of amides is 1. The third kappa shape index (κ3) is 6.05. The molecule has 0 bridgehead atoms. The van der Waals surface area contributed by atoms with E-state index in [-0.39, 0.29) is 24.1 Å². The van der Waals surface area contributed by atoms with Gasteiger partial charge in [0.2, 0.25) is 5.91 Å². The van der Waals surface area contributed by atoms with Crippen molar-refractivity contribution in [2.24, 2.45) is 0 Å². The van der Waals surface area contributed by atoms with Crippen LogP contribution < -0.4 is 5.32 Å². The quantitative estimate of drug-likeness (QED) is 0.549. The molecule has 0 aromatic heterocycles. The lowest BCUT2D eigenvalue weighted by Gasteiger charge is -2.14. The Bertz CT molecular complexity index is 536. The van der Waals surface area contributed by atoms with Crippen LogP contribution in [0, 0.1) is 5.82 Å². The molecule has 0 spiro atoms. The van der Waals surface area contributed by atoms with Gasteiger partial charge in [-0.05, 0) is 33.6 Å². The van der Waals surface area contributed by atoms with E-state index in [1.165, 1.54) is 24.3 Å². The Balaban J connectivity index is 2.58. The van der Waals surface area contributed by atoms with Gasteiger partial charge in [0, 0.05) is 0 Å². The number of carboxylic acids is 1. The first-order valence-corrected chi connectivity index (χ1v) is 6.88. The molecule has 1 aromatic rings. The number of carboxylic acid groups (broad SMARTS) is 1. The fraction of sp³-hybridized carbons (Fsp3) is 0.286. The highest BCUT2D eigenvalue weighted by Gasteiger charge is 2.20. The lowest BCUT2D eigenvalue weighted by molar-refractivity contribution is -0.143. The van der Waals surface area contributed by atoms with E-state index in [4.69, 9.17) is 9.84 Å². The molecule has 21 heavy (non-hydrogen) atoms. The molecule has 0 saturated carbocycles. The molecule has 1 amide bonds. The second-order valence-corrected chi connectivity index (χ2v) is 5.06. The second kappa shape index (κ2) is 8.53. The van der Waals surface area contributed by atoms with E-state index in [0.29, 0.717) is 5.56 Å². The van der Waals surface area contributed by atoms with E-state index < -0.39 is 23.7 Å². The van der Waals surface area contributed by atoms with Crippen molar-refractivity contribution in [2.45, 2.75) is 12.5 Å². The molecular weight excluding hydrogens is 345 g/mol. The summed E-state index contributed by atoms with van der Waals surface area (Å²) in [6.07, 6.45) is 1.43. The molecule has 0 radical (unpaired) electrons. The van der Waals surface area contributed by atoms with Crippen LogP contribution in [0.3, 0.4) is 0 Å². The Labute approximate surface area is 129 Å². The number of carbonyl (C=O) groups excluding carboxylic acids is 1. The van der Waals surface area contributed by atoms with E-state index in [0.717, 1.165) is 0 Å². The maximum Gasteiger partial charge on any atom is 0.328 e. The molecule has 1 atom stereocenters. The summed E-state index contributed by atoms with van der Waals surface area (Å²) in [7, 11) is 0. The van der Waals surface area contributed by atoms with E-state index in [2.05, 4.69) is 27.8 Å². The number of hydrogen-bond acceptors (Lipinski definition) is 3. The standard InChI is InChI=1S/C14H15BrFNO4/c1-2-5-21-8-12(14(19)20)17-13(18)7-9-3-4-11(16)10(15)6-9/h2-4,6,12H,1,5,7-8H2,(H,17,18)(H,19,20). The number of benzene rings is 1. The maximum atomic E-state index is 13.1. The van der Waals surface area contributed by atoms with Crippen molar-refractivity contribution in [3.05, 3.63) is 46.7 Å². The van der Waals surface area contributed by atoms with Crippen LogP contribution in [0.2, 0.25) is 0 Å². The highest BCUT2D eigenvalue weighted by Crippen LogP contribution is 2.17. The van der Waals surface area contributed by atoms with Gasteiger partial charge in [0.15, 0.2) is 6.04 Å². The summed E-state index contributed by atoms with van der Waals surface area (Å²) in [5, 5.41) is 11.3. The fourth-order valence-corrected chi connectivity index (χ4v) is 1.95. The molecule has 0 aliphatic carbocycles. The van der Waals surface area contributed by atoms with E-state index in [9.17, 15) is 14.0 Å². The number of halogens is 2. The van der Waals surface area contributed by atoms with Crippen molar-refractivity contribution in [1.29, 1.82) is 0 Å². The summed E-state index contributed by atoms with van der Waals surface area (Å²) >= 11 is 3.02. The third-order valence-corrected chi connectivity index (χ3v) is 3.11. The van der Waals surface area contributed by atoms with Crippen molar-refractivity contribution < 1.29 is 23.8 Å². The Hall–Kier alpha value is -1.73. The minimum atomic E-state index is -1.19. The molecule has 0 heterocycles. The number of nitrogens with one attached hydrogen (secondary N) is 1. The molecule has 1 aromatic carbocycles. The summed E-state index contributed by atoms with van der Waals surface area (Å²) in [5.74, 6) is -2.10. The maximum absolute atomic E-state index is 13.1. The van der Waals surface area contributed by atoms with E-state index in [1.807, 2.05) is 0 Å². The predicted octanol–water partition coefficient (Wildman–Crippen LogP) is 1.90. The van der Waals surface area contributed by atoms with Crippen LogP contribution in [-0.2, 0) is 20.7 Å². The van der Waals surface area contributed by atoms with Gasteiger partial charge in [-0.1, -0.05) is 12.1 Å². The summed E-state index contributed by atoms with van der Waals surface area (Å²) in [4.78, 5) is 22.8. The number of hydrogen-bond donors (Lipinski definition) is 2. The van der Waals surface area contributed by atoms with Crippen molar-refractivity contribution in [3.8, 4) is 0 Å². The van der Waals surface area contributed by atoms with Gasteiger partial charge in [0.1, 0.15) is 5.82 Å². The molecule has 2 N–H and O–H groups in total. The first kappa shape index (κ1) is 17.3. The highest BCUT2D eigenvalue weighted by atomic mass is 79.9. The van der Waals surface area contributed by atoms with Gasteiger partial charge in [0.25, 0.3) is 0 Å². The SMILES string of the molecule is C=CCOCC(NC(=O)Cc1ccc(F)c(Br)c1)C(=O)O. The van der Waals surface area contributed by atoms with Gasteiger partial charge in [-0.15, -0.1) is 6.58 Å². The average Bonchev–Trinajstić information content (AvgIpc) is 2.42. The first-order chi connectivity index (χ1) is 9.93. The van der Waals surface area contributed by atoms with Crippen molar-refractivity contribution in [2.75, 3.05) is 13.2 Å². The molecule has 1 rings (SSSR count). The molecule has 114 valence electrons. The monoisotopic (exact) mass is 359 g/mol. The Kier molecular flexibility index (Phi) is 7.04. The highest BCUT2D eigenvalue weighted by molar-refractivity contribution is 9.10. The summed E-state index contributed by atoms with van der Waals surface area (Å²) < 4.78 is 18.3. The normalized spacial score (nSPS) is 11.7. The van der Waals surface area contributed by atoms with Gasteiger partial charge in [-0.2, -0.15) is 0 Å². The smallest absolute Gasteiger partial charge is 0.328 e. The van der Waals surface area contributed by atoms with Gasteiger partial charge in [-0.3, -0.25) is 4.79 Å². The van der Waals surface area contributed by atoms with Crippen molar-refractivity contribution in [1.82, 2.24) is 5.32 Å². The van der Waals surface area contributed by atoms with Gasteiger partial charge >= 0.3 is 5.97 Å². The number of ether oxygens (including phenoxy) is 1. The average molecular weight is 360 g/mol. The second-order valence-electron chi connectivity index (χ2n) is 4.21. The number of aliphatic carboxylic acids is 1. The fourth-order valence-electron chi connectivity index (χ4n) is 1.52. The molecule has 0 aliphatic rings. The number of rotatable bonds is 8. The predicted molar refractivity (Wildman–Crippen MR) is 78.4 cm³/mol. The van der Waals surface area contributed by atoms with Crippen molar-refractivity contribution >= 4 is 27.8 Å². The zero-order valence-corrected chi connectivity index (χ0v) is 12.7. The van der Waals surface area contributed by atoms with Crippen LogP contribution in [0.4, 0.5) is 4.39 Å². The van der Waals surface area contributed by atoms with Crippen LogP contribution in [0.5, 0.6) is 0 Å². The lowest BCUT2D eigenvalue weighted by Crippen LogP contribution is -2.44. The molecule has 5 nitrogen and oxygen atoms in total. The zero-order chi connectivity index (χ0) is 15.8. The molecular formula is C14H15BrFNO4. The zero-order valence-electron chi connectivity index (χ0n) is 11.1. The first-order valence-electron chi connectivity index (χ1n) is 6.08. The summed E-state index contributed by atoms with van der Waals surface area (Å²) in [6, 6.07) is 3.03. The van der Waals surface area contributed by atoms with Crippen LogP contribution in [-0.4, -0.2) is 36.2 Å². The van der Waals surface area contributed by atoms with Gasteiger partial charge in [0.05, 0.1) is 24.1 Å². The lowest BCUT2D eigenvalue weighted by atomic mass is 10.1. The van der Waals surface area contributed by atoms with Crippen LogP contribution >= 0.6 is 15.9 Å². The van der Waals surface area contributed by atoms with Crippen LogP contribution in [0.1, 0.15) is 5.56 Å². The molecule has 7 heteroatoms.